The topological polar surface area (TPSA) is 53.3 Å². The second kappa shape index (κ2) is 5.02. The SMILES string of the molecule is C=CC1=C(C(=C)C#N)C(=O)CC2(CCN(C)CC2)O1. The van der Waals surface area contributed by atoms with Crippen LogP contribution in [0, 0.1) is 11.3 Å². The Morgan fingerprint density at radius 3 is 2.68 bits per heavy atom. The van der Waals surface area contributed by atoms with E-state index in [0.29, 0.717) is 17.8 Å². The van der Waals surface area contributed by atoms with Gasteiger partial charge in [0, 0.05) is 25.9 Å². The predicted octanol–water partition coefficient (Wildman–Crippen LogP) is 1.96. The summed E-state index contributed by atoms with van der Waals surface area (Å²) in [5.74, 6) is 0.351. The van der Waals surface area contributed by atoms with Crippen LogP contribution in [0.1, 0.15) is 19.3 Å². The third-order valence-electron chi connectivity index (χ3n) is 3.85. The Bertz CT molecular complexity index is 503. The molecule has 2 aliphatic heterocycles. The van der Waals surface area contributed by atoms with E-state index in [4.69, 9.17) is 10.00 Å². The highest BCUT2D eigenvalue weighted by Crippen LogP contribution is 2.39. The van der Waals surface area contributed by atoms with Crippen molar-refractivity contribution in [1.29, 1.82) is 5.26 Å². The number of rotatable bonds is 2. The highest BCUT2D eigenvalue weighted by atomic mass is 16.5. The number of nitriles is 1. The Balaban J connectivity index is 2.32. The molecule has 0 atom stereocenters. The summed E-state index contributed by atoms with van der Waals surface area (Å²) in [7, 11) is 2.06. The summed E-state index contributed by atoms with van der Waals surface area (Å²) in [6, 6.07) is 1.92. The number of ether oxygens (including phenoxy) is 1. The van der Waals surface area contributed by atoms with Crippen LogP contribution in [0.3, 0.4) is 0 Å². The van der Waals surface area contributed by atoms with Crippen LogP contribution >= 0.6 is 0 Å². The van der Waals surface area contributed by atoms with Gasteiger partial charge in [-0.3, -0.25) is 4.79 Å². The average molecular weight is 258 g/mol. The maximum absolute atomic E-state index is 12.3. The lowest BCUT2D eigenvalue weighted by Gasteiger charge is -2.43. The van der Waals surface area contributed by atoms with Crippen molar-refractivity contribution in [3.63, 3.8) is 0 Å². The van der Waals surface area contributed by atoms with E-state index in [1.54, 1.807) is 0 Å². The minimum absolute atomic E-state index is 0.0581. The van der Waals surface area contributed by atoms with E-state index >= 15 is 0 Å². The zero-order valence-corrected chi connectivity index (χ0v) is 11.2. The van der Waals surface area contributed by atoms with E-state index in [2.05, 4.69) is 25.1 Å². The van der Waals surface area contributed by atoms with Crippen molar-refractivity contribution in [3.05, 3.63) is 36.1 Å². The summed E-state index contributed by atoms with van der Waals surface area (Å²) in [6.45, 7) is 9.12. The highest BCUT2D eigenvalue weighted by molar-refractivity contribution is 6.02. The van der Waals surface area contributed by atoms with Crippen LogP contribution in [0.5, 0.6) is 0 Å². The molecule has 19 heavy (non-hydrogen) atoms. The second-order valence-corrected chi connectivity index (χ2v) is 5.22. The summed E-state index contributed by atoms with van der Waals surface area (Å²) >= 11 is 0. The van der Waals surface area contributed by atoms with Gasteiger partial charge in [0.05, 0.1) is 23.6 Å². The fourth-order valence-corrected chi connectivity index (χ4v) is 2.66. The third-order valence-corrected chi connectivity index (χ3v) is 3.85. The van der Waals surface area contributed by atoms with Gasteiger partial charge in [0.1, 0.15) is 11.4 Å². The number of ketones is 1. The standard InChI is InChI=1S/C15H18N2O2/c1-4-13-14(11(2)10-16)12(18)9-15(19-13)5-7-17(3)8-6-15/h4H,1-2,5-9H2,3H3. The Morgan fingerprint density at radius 1 is 1.53 bits per heavy atom. The largest absolute Gasteiger partial charge is 0.486 e. The van der Waals surface area contributed by atoms with Crippen molar-refractivity contribution >= 4 is 5.78 Å². The molecule has 0 aliphatic carbocycles. The molecule has 0 amide bonds. The van der Waals surface area contributed by atoms with Gasteiger partial charge in [-0.25, -0.2) is 0 Å². The van der Waals surface area contributed by atoms with Gasteiger partial charge in [-0.2, -0.15) is 5.26 Å². The van der Waals surface area contributed by atoms with Crippen molar-refractivity contribution in [2.24, 2.45) is 0 Å². The first-order chi connectivity index (χ1) is 9.01. The first kappa shape index (κ1) is 13.6. The van der Waals surface area contributed by atoms with Gasteiger partial charge >= 0.3 is 0 Å². The van der Waals surface area contributed by atoms with E-state index < -0.39 is 5.60 Å². The summed E-state index contributed by atoms with van der Waals surface area (Å²) in [5, 5.41) is 8.92. The van der Waals surface area contributed by atoms with Crippen LogP contribution in [0.4, 0.5) is 0 Å². The lowest BCUT2D eigenvalue weighted by atomic mass is 9.81. The molecular weight excluding hydrogens is 240 g/mol. The van der Waals surface area contributed by atoms with Gasteiger partial charge in [0.25, 0.3) is 0 Å². The maximum atomic E-state index is 12.3. The summed E-state index contributed by atoms with van der Waals surface area (Å²) in [5.41, 5.74) is 0.0246. The first-order valence-electron chi connectivity index (χ1n) is 6.38. The highest BCUT2D eigenvalue weighted by Gasteiger charge is 2.43. The Hall–Kier alpha value is -1.86. The quantitative estimate of drug-likeness (QED) is 0.710. The molecule has 2 rings (SSSR count). The Morgan fingerprint density at radius 2 is 2.16 bits per heavy atom. The van der Waals surface area contributed by atoms with Gasteiger partial charge in [-0.05, 0) is 13.1 Å². The minimum atomic E-state index is -0.424. The Labute approximate surface area is 113 Å². The van der Waals surface area contributed by atoms with Crippen LogP contribution < -0.4 is 0 Å². The van der Waals surface area contributed by atoms with E-state index in [1.807, 2.05) is 6.07 Å². The number of Topliss-reactive ketones (excluding diaryl/α,β-unsaturated/α-hetero) is 1. The normalized spacial score (nSPS) is 22.8. The molecule has 4 nitrogen and oxygen atoms in total. The smallest absolute Gasteiger partial charge is 0.171 e. The van der Waals surface area contributed by atoms with Crippen molar-refractivity contribution < 1.29 is 9.53 Å². The number of carbonyl (C=O) groups excluding carboxylic acids is 1. The molecule has 0 aromatic carbocycles. The molecule has 4 heteroatoms. The van der Waals surface area contributed by atoms with Crippen LogP contribution in [0.2, 0.25) is 0 Å². The molecule has 0 saturated carbocycles. The number of hydrogen-bond donors (Lipinski definition) is 0. The van der Waals surface area contributed by atoms with Crippen LogP contribution in [-0.2, 0) is 9.53 Å². The zero-order chi connectivity index (χ0) is 14.0. The molecule has 0 radical (unpaired) electrons. The average Bonchev–Trinajstić information content (AvgIpc) is 2.41. The van der Waals surface area contributed by atoms with Crippen molar-refractivity contribution in [2.45, 2.75) is 24.9 Å². The van der Waals surface area contributed by atoms with Crippen molar-refractivity contribution in [3.8, 4) is 6.07 Å². The third kappa shape index (κ3) is 2.47. The predicted molar refractivity (Wildman–Crippen MR) is 72.1 cm³/mol. The summed E-state index contributed by atoms with van der Waals surface area (Å²) in [4.78, 5) is 14.5. The first-order valence-corrected chi connectivity index (χ1v) is 6.38. The number of piperidine rings is 1. The van der Waals surface area contributed by atoms with E-state index in [9.17, 15) is 4.79 Å². The second-order valence-electron chi connectivity index (χ2n) is 5.22. The monoisotopic (exact) mass is 258 g/mol. The van der Waals surface area contributed by atoms with Gasteiger partial charge in [0.15, 0.2) is 5.78 Å². The van der Waals surface area contributed by atoms with E-state index in [1.165, 1.54) is 6.08 Å². The fourth-order valence-electron chi connectivity index (χ4n) is 2.66. The summed E-state index contributed by atoms with van der Waals surface area (Å²) < 4.78 is 6.02. The molecule has 2 aliphatic rings. The molecular formula is C15H18N2O2. The van der Waals surface area contributed by atoms with Crippen molar-refractivity contribution in [1.82, 2.24) is 4.90 Å². The fraction of sp³-hybridized carbons (Fsp3) is 0.467. The molecule has 0 unspecified atom stereocenters. The molecule has 1 saturated heterocycles. The minimum Gasteiger partial charge on any atom is -0.486 e. The maximum Gasteiger partial charge on any atom is 0.171 e. The molecule has 0 N–H and O–H groups in total. The van der Waals surface area contributed by atoms with Gasteiger partial charge in [-0.1, -0.05) is 13.2 Å². The molecule has 0 bridgehead atoms. The van der Waals surface area contributed by atoms with Crippen molar-refractivity contribution in [2.75, 3.05) is 20.1 Å². The number of likely N-dealkylation sites (tertiary alicyclic amines) is 1. The number of carbonyl (C=O) groups is 1. The van der Waals surface area contributed by atoms with Gasteiger partial charge in [-0.15, -0.1) is 0 Å². The van der Waals surface area contributed by atoms with Gasteiger partial charge in [0.2, 0.25) is 0 Å². The van der Waals surface area contributed by atoms with Crippen LogP contribution in [-0.4, -0.2) is 36.4 Å². The molecule has 1 spiro atoms. The van der Waals surface area contributed by atoms with Gasteiger partial charge < -0.3 is 9.64 Å². The van der Waals surface area contributed by atoms with E-state index in [0.717, 1.165) is 25.9 Å². The molecule has 100 valence electrons. The van der Waals surface area contributed by atoms with Crippen LogP contribution in [0.25, 0.3) is 0 Å². The molecule has 0 aromatic rings. The number of hydrogen-bond acceptors (Lipinski definition) is 4. The van der Waals surface area contributed by atoms with Crippen LogP contribution in [0.15, 0.2) is 36.1 Å². The molecule has 1 fully saturated rings. The zero-order valence-electron chi connectivity index (χ0n) is 11.2. The van der Waals surface area contributed by atoms with E-state index in [-0.39, 0.29) is 11.4 Å². The molecule has 0 aromatic heterocycles. The number of nitrogens with zero attached hydrogens (tertiary/aromatic N) is 2. The molecule has 2 heterocycles. The summed E-state index contributed by atoms with van der Waals surface area (Å²) in [6.07, 6.45) is 3.47. The Kier molecular flexibility index (Phi) is 3.59. The lowest BCUT2D eigenvalue weighted by Crippen LogP contribution is -2.48. The number of allylic oxidation sites excluding steroid dienone is 3. The lowest BCUT2D eigenvalue weighted by molar-refractivity contribution is -0.128.